The second-order valence-corrected chi connectivity index (χ2v) is 7.46. The third-order valence-corrected chi connectivity index (χ3v) is 4.74. The van der Waals surface area contributed by atoms with Crippen molar-refractivity contribution in [3.8, 4) is 0 Å². The smallest absolute Gasteiger partial charge is 0.726 e. The zero-order valence-corrected chi connectivity index (χ0v) is 14.6. The second-order valence-electron chi connectivity index (χ2n) is 2.91. The van der Waals surface area contributed by atoms with Crippen molar-refractivity contribution in [1.29, 1.82) is 0 Å². The maximum absolute atomic E-state index is 10.1. The van der Waals surface area contributed by atoms with Gasteiger partial charge in [-0.25, -0.2) is 16.8 Å². The summed E-state index contributed by atoms with van der Waals surface area (Å²) in [7, 11) is -10.1. The molecule has 13 heteroatoms. The predicted molar refractivity (Wildman–Crippen MR) is 60.4 cm³/mol. The van der Waals surface area contributed by atoms with E-state index < -0.39 is 31.7 Å². The summed E-state index contributed by atoms with van der Waals surface area (Å²) in [4.78, 5) is 0. The van der Waals surface area contributed by atoms with E-state index in [2.05, 4.69) is 8.37 Å². The summed E-state index contributed by atoms with van der Waals surface area (Å²) < 4.78 is 68.8. The molecule has 9 nitrogen and oxygen atoms in total. The van der Waals surface area contributed by atoms with Crippen molar-refractivity contribution in [3.63, 3.8) is 0 Å². The first-order chi connectivity index (χ1) is 8.14. The molecular weight excluding hydrogens is 335 g/mol. The topological polar surface area (TPSA) is 153 Å². The van der Waals surface area contributed by atoms with Crippen LogP contribution in [0.5, 0.6) is 0 Å². The van der Waals surface area contributed by atoms with E-state index in [0.29, 0.717) is 0 Å². The van der Waals surface area contributed by atoms with Crippen molar-refractivity contribution in [2.45, 2.75) is 0 Å². The molecule has 0 bridgehead atoms. The minimum atomic E-state index is -4.76. The van der Waals surface area contributed by atoms with Gasteiger partial charge < -0.3 is 14.2 Å². The molecule has 0 aromatic heterocycles. The van der Waals surface area contributed by atoms with Gasteiger partial charge in [0, 0.05) is 0 Å². The summed E-state index contributed by atoms with van der Waals surface area (Å²) >= 11 is 0. The minimum absolute atomic E-state index is 0. The molecule has 0 heterocycles. The molecule has 0 rings (SSSR count). The quantitative estimate of drug-likeness (QED) is 0.176. The molecule has 0 aliphatic heterocycles. The average Bonchev–Trinajstić information content (AvgIpc) is 2.13. The molecule has 0 fully saturated rings. The van der Waals surface area contributed by atoms with Crippen LogP contribution in [0.3, 0.4) is 0 Å². The van der Waals surface area contributed by atoms with E-state index >= 15 is 0 Å². The number of aliphatic hydroxyl groups excluding tert-OH is 1. The van der Waals surface area contributed by atoms with Gasteiger partial charge in [-0.2, -0.15) is 0 Å². The molecule has 0 radical (unpaired) electrons. The first-order valence-corrected chi connectivity index (χ1v) is 8.99. The molecule has 0 aliphatic carbocycles. The Morgan fingerprint density at radius 3 is 1.53 bits per heavy atom. The molecule has 1 N–H and O–H groups in total. The molecule has 19 heavy (non-hydrogen) atoms. The summed E-state index contributed by atoms with van der Waals surface area (Å²) in [6.45, 7) is -0.921. The zero-order valence-electron chi connectivity index (χ0n) is 10.2. The van der Waals surface area contributed by atoms with E-state index in [0.717, 1.165) is 0 Å². The van der Waals surface area contributed by atoms with Crippen molar-refractivity contribution < 1.29 is 69.0 Å². The van der Waals surface area contributed by atoms with Crippen LogP contribution in [0, 0.1) is 0 Å². The van der Waals surface area contributed by atoms with Crippen LogP contribution in [0.25, 0.3) is 0 Å². The van der Waals surface area contributed by atoms with Crippen molar-refractivity contribution in [1.82, 2.24) is 0 Å². The van der Waals surface area contributed by atoms with Crippen LogP contribution in [0.2, 0.25) is 0 Å². The average molecular weight is 348 g/mol. The summed E-state index contributed by atoms with van der Waals surface area (Å²) in [5.41, 5.74) is 0. The molecule has 110 valence electrons. The first kappa shape index (κ1) is 22.3. The molecule has 0 spiro atoms. The van der Waals surface area contributed by atoms with Crippen LogP contribution in [0.15, 0.2) is 0 Å². The summed E-state index contributed by atoms with van der Waals surface area (Å²) in [6.07, 6.45) is 0. The van der Waals surface area contributed by atoms with Crippen LogP contribution >= 0.6 is 0 Å². The summed E-state index contributed by atoms with van der Waals surface area (Å²) in [5.74, 6) is 0.555. The van der Waals surface area contributed by atoms with Gasteiger partial charge >= 0.3 is 29.6 Å². The van der Waals surface area contributed by atoms with Gasteiger partial charge in [-0.05, 0) is 10.9 Å². The fraction of sp³-hybridized carbons (Fsp3) is 1.00. The number of aliphatic hydroxyl groups is 1. The molecule has 0 aromatic rings. The molecule has 0 aromatic carbocycles. The van der Waals surface area contributed by atoms with Crippen molar-refractivity contribution in [2.24, 2.45) is 0 Å². The fourth-order valence-corrected chi connectivity index (χ4v) is 3.24. The van der Waals surface area contributed by atoms with Crippen molar-refractivity contribution in [2.75, 3.05) is 37.1 Å². The molecule has 0 aliphatic rings. The van der Waals surface area contributed by atoms with Gasteiger partial charge in [0.1, 0.15) is 30.5 Å². The SMILES string of the molecule is O=S(=O)([O-])OCC[S+](CCO)CCOS(=O)(=O)[O-].[Na+]. The van der Waals surface area contributed by atoms with Gasteiger partial charge in [-0.15, -0.1) is 0 Å². The van der Waals surface area contributed by atoms with Crippen LogP contribution < -0.4 is 29.6 Å². The molecule has 0 unspecified atom stereocenters. The number of hydrogen-bond acceptors (Lipinski definition) is 9. The van der Waals surface area contributed by atoms with Gasteiger partial charge in [0.15, 0.2) is 0 Å². The van der Waals surface area contributed by atoms with E-state index in [4.69, 9.17) is 5.11 Å². The van der Waals surface area contributed by atoms with Crippen LogP contribution in [-0.4, -0.2) is 68.1 Å². The zero-order chi connectivity index (χ0) is 14.2. The van der Waals surface area contributed by atoms with Gasteiger partial charge in [0.2, 0.25) is 20.8 Å². The Kier molecular flexibility index (Phi) is 12.6. The van der Waals surface area contributed by atoms with Crippen molar-refractivity contribution in [3.05, 3.63) is 0 Å². The van der Waals surface area contributed by atoms with E-state index in [1.807, 2.05) is 0 Å². The van der Waals surface area contributed by atoms with E-state index in [1.165, 1.54) is 0 Å². The Balaban J connectivity index is 0. The second kappa shape index (κ2) is 10.7. The number of hydrogen-bond donors (Lipinski definition) is 1. The summed E-state index contributed by atoms with van der Waals surface area (Å²) in [6, 6.07) is 0. The molecule has 0 saturated carbocycles. The number of rotatable bonds is 10. The maximum Gasteiger partial charge on any atom is 1.00 e. The van der Waals surface area contributed by atoms with Crippen LogP contribution in [0.1, 0.15) is 0 Å². The third-order valence-electron chi connectivity index (χ3n) is 1.58. The van der Waals surface area contributed by atoms with Crippen molar-refractivity contribution >= 4 is 31.7 Å². The van der Waals surface area contributed by atoms with Gasteiger partial charge in [0.25, 0.3) is 0 Å². The Labute approximate surface area is 137 Å². The van der Waals surface area contributed by atoms with Crippen LogP contribution in [-0.2, 0) is 40.1 Å². The largest absolute Gasteiger partial charge is 1.00 e. The Bertz CT molecular complexity index is 381. The molecule has 0 amide bonds. The normalized spacial score (nSPS) is 12.4. The Morgan fingerprint density at radius 1 is 0.895 bits per heavy atom. The maximum atomic E-state index is 10.1. The Hall–Kier alpha value is 1.05. The molecule has 0 saturated heterocycles. The van der Waals surface area contributed by atoms with E-state index in [1.54, 1.807) is 0 Å². The monoisotopic (exact) mass is 348 g/mol. The summed E-state index contributed by atoms with van der Waals surface area (Å²) in [5, 5.41) is 8.72. The van der Waals surface area contributed by atoms with Gasteiger partial charge in [0.05, 0.1) is 6.61 Å². The Morgan fingerprint density at radius 2 is 1.26 bits per heavy atom. The van der Waals surface area contributed by atoms with Crippen LogP contribution in [0.4, 0.5) is 0 Å². The van der Waals surface area contributed by atoms with Gasteiger partial charge in [-0.3, -0.25) is 8.37 Å². The third kappa shape index (κ3) is 17.0. The molecule has 0 atom stereocenters. The predicted octanol–water partition coefficient (Wildman–Crippen LogP) is -5.45. The van der Waals surface area contributed by atoms with E-state index in [-0.39, 0.29) is 66.6 Å². The minimum Gasteiger partial charge on any atom is -0.726 e. The fourth-order valence-electron chi connectivity index (χ4n) is 0.943. The van der Waals surface area contributed by atoms with Gasteiger partial charge in [-0.1, -0.05) is 0 Å². The molecular formula is C6H13NaO9S3. The standard InChI is InChI=1S/C6H14O9S3.Na/c7-1-4-16(5-2-14-17(8,9)10)6-3-15-18(11,12)13;/h7H,1-6H2,(H-,8,9,10,11,12,13);/q;+1/p-1. The van der Waals surface area contributed by atoms with E-state index in [9.17, 15) is 25.9 Å². The first-order valence-electron chi connectivity index (χ1n) is 4.59.